The zero-order valence-electron chi connectivity index (χ0n) is 11.6. The molecule has 0 bridgehead atoms. The number of hydrogen-bond acceptors (Lipinski definition) is 5. The van der Waals surface area contributed by atoms with Gasteiger partial charge in [0.15, 0.2) is 0 Å². The van der Waals surface area contributed by atoms with Crippen LogP contribution in [0.4, 0.5) is 0 Å². The Hall–Kier alpha value is -0.260. The number of esters is 1. The zero-order valence-corrected chi connectivity index (χ0v) is 12.4. The van der Waals surface area contributed by atoms with E-state index in [1.807, 2.05) is 13.8 Å². The van der Waals surface area contributed by atoms with Gasteiger partial charge in [-0.15, -0.1) is 0 Å². The molecule has 0 aromatic heterocycles. The fraction of sp³-hybridized carbons (Fsp3) is 0.923. The first-order chi connectivity index (χ1) is 8.51. The predicted octanol–water partition coefficient (Wildman–Crippen LogP) is 1.56. The minimum atomic E-state index is -0.598. The highest BCUT2D eigenvalue weighted by atomic mass is 32.2. The van der Waals surface area contributed by atoms with E-state index in [1.54, 1.807) is 11.8 Å². The lowest BCUT2D eigenvalue weighted by molar-refractivity contribution is -0.150. The van der Waals surface area contributed by atoms with Crippen LogP contribution in [0.25, 0.3) is 0 Å². The van der Waals surface area contributed by atoms with Gasteiger partial charge in [0.05, 0.1) is 13.2 Å². The average Bonchev–Trinajstić information content (AvgIpc) is 3.10. The number of carbonyl (C=O) groups is 1. The summed E-state index contributed by atoms with van der Waals surface area (Å²) in [5, 5.41) is 12.6. The van der Waals surface area contributed by atoms with Crippen LogP contribution in [0.5, 0.6) is 0 Å². The molecule has 0 aliphatic heterocycles. The lowest BCUT2D eigenvalue weighted by atomic mass is 9.95. The molecule has 2 atom stereocenters. The SMILES string of the molecule is CCOC(=O)C(C)(CC(C)SCCO)NC1CC1. The molecule has 0 saturated heterocycles. The molecule has 106 valence electrons. The lowest BCUT2D eigenvalue weighted by Crippen LogP contribution is -2.52. The largest absolute Gasteiger partial charge is 0.465 e. The molecule has 2 N–H and O–H groups in total. The average molecular weight is 275 g/mol. The van der Waals surface area contributed by atoms with E-state index in [1.165, 1.54) is 0 Å². The summed E-state index contributed by atoms with van der Waals surface area (Å²) in [6, 6.07) is 0.467. The molecule has 0 amide bonds. The van der Waals surface area contributed by atoms with Gasteiger partial charge in [0.25, 0.3) is 0 Å². The molecule has 0 spiro atoms. The second-order valence-corrected chi connectivity index (χ2v) is 6.63. The third-order valence-electron chi connectivity index (χ3n) is 3.02. The van der Waals surface area contributed by atoms with Crippen molar-refractivity contribution in [2.75, 3.05) is 19.0 Å². The Balaban J connectivity index is 2.54. The van der Waals surface area contributed by atoms with Gasteiger partial charge in [0.1, 0.15) is 5.54 Å². The second kappa shape index (κ2) is 7.36. The summed E-state index contributed by atoms with van der Waals surface area (Å²) >= 11 is 1.69. The Kier molecular flexibility index (Phi) is 6.46. The molecule has 4 nitrogen and oxygen atoms in total. The molecule has 1 rings (SSSR count). The minimum Gasteiger partial charge on any atom is -0.465 e. The number of aliphatic hydroxyl groups is 1. The van der Waals surface area contributed by atoms with E-state index < -0.39 is 5.54 Å². The Morgan fingerprint density at radius 3 is 2.78 bits per heavy atom. The maximum Gasteiger partial charge on any atom is 0.326 e. The Labute approximate surface area is 114 Å². The van der Waals surface area contributed by atoms with Crippen LogP contribution in [0.1, 0.15) is 40.0 Å². The van der Waals surface area contributed by atoms with Gasteiger partial charge in [0.2, 0.25) is 0 Å². The summed E-state index contributed by atoms with van der Waals surface area (Å²) in [5.74, 6) is 0.553. The van der Waals surface area contributed by atoms with Crippen molar-refractivity contribution >= 4 is 17.7 Å². The number of rotatable bonds is 9. The Morgan fingerprint density at radius 2 is 2.28 bits per heavy atom. The van der Waals surface area contributed by atoms with Crippen molar-refractivity contribution in [2.24, 2.45) is 0 Å². The van der Waals surface area contributed by atoms with Crippen LogP contribution in [-0.4, -0.2) is 46.9 Å². The van der Waals surface area contributed by atoms with Gasteiger partial charge in [-0.05, 0) is 33.1 Å². The van der Waals surface area contributed by atoms with Crippen LogP contribution < -0.4 is 5.32 Å². The van der Waals surface area contributed by atoms with Crippen molar-refractivity contribution in [2.45, 2.75) is 56.9 Å². The Morgan fingerprint density at radius 1 is 1.61 bits per heavy atom. The predicted molar refractivity (Wildman–Crippen MR) is 74.8 cm³/mol. The van der Waals surface area contributed by atoms with E-state index in [9.17, 15) is 4.79 Å². The van der Waals surface area contributed by atoms with Gasteiger partial charge in [-0.2, -0.15) is 11.8 Å². The molecule has 5 heteroatoms. The van der Waals surface area contributed by atoms with Crippen LogP contribution >= 0.6 is 11.8 Å². The molecule has 2 unspecified atom stereocenters. The number of aliphatic hydroxyl groups excluding tert-OH is 1. The highest BCUT2D eigenvalue weighted by Gasteiger charge is 2.40. The van der Waals surface area contributed by atoms with E-state index in [4.69, 9.17) is 9.84 Å². The summed E-state index contributed by atoms with van der Waals surface area (Å²) < 4.78 is 5.18. The second-order valence-electron chi connectivity index (χ2n) is 5.08. The van der Waals surface area contributed by atoms with Gasteiger partial charge in [-0.3, -0.25) is 10.1 Å². The summed E-state index contributed by atoms with van der Waals surface area (Å²) in [6.07, 6.45) is 3.02. The van der Waals surface area contributed by atoms with E-state index in [0.717, 1.165) is 19.3 Å². The van der Waals surface area contributed by atoms with Crippen LogP contribution in [-0.2, 0) is 9.53 Å². The van der Waals surface area contributed by atoms with Crippen molar-refractivity contribution in [3.8, 4) is 0 Å². The highest BCUT2D eigenvalue weighted by molar-refractivity contribution is 7.99. The smallest absolute Gasteiger partial charge is 0.326 e. The molecule has 0 heterocycles. The number of hydrogen-bond donors (Lipinski definition) is 2. The highest BCUT2D eigenvalue weighted by Crippen LogP contribution is 2.28. The van der Waals surface area contributed by atoms with Gasteiger partial charge < -0.3 is 9.84 Å². The van der Waals surface area contributed by atoms with E-state index in [-0.39, 0.29) is 12.6 Å². The summed E-state index contributed by atoms with van der Waals surface area (Å²) in [7, 11) is 0. The summed E-state index contributed by atoms with van der Waals surface area (Å²) in [6.45, 7) is 6.45. The quantitative estimate of drug-likeness (QED) is 0.626. The monoisotopic (exact) mass is 275 g/mol. The van der Waals surface area contributed by atoms with E-state index in [0.29, 0.717) is 23.7 Å². The fourth-order valence-corrected chi connectivity index (χ4v) is 3.02. The molecule has 0 aromatic rings. The molecule has 1 aliphatic carbocycles. The normalized spacial score (nSPS) is 20.2. The van der Waals surface area contributed by atoms with Crippen LogP contribution in [0.2, 0.25) is 0 Å². The summed E-state index contributed by atoms with van der Waals surface area (Å²) in [4.78, 5) is 12.1. The topological polar surface area (TPSA) is 58.6 Å². The maximum atomic E-state index is 12.1. The fourth-order valence-electron chi connectivity index (χ4n) is 2.06. The molecule has 1 aliphatic rings. The van der Waals surface area contributed by atoms with Crippen molar-refractivity contribution in [1.82, 2.24) is 5.32 Å². The minimum absolute atomic E-state index is 0.159. The number of thioether (sulfide) groups is 1. The van der Waals surface area contributed by atoms with Crippen molar-refractivity contribution in [3.63, 3.8) is 0 Å². The van der Waals surface area contributed by atoms with Crippen LogP contribution in [0.3, 0.4) is 0 Å². The maximum absolute atomic E-state index is 12.1. The van der Waals surface area contributed by atoms with Gasteiger partial charge in [-0.25, -0.2) is 0 Å². The van der Waals surface area contributed by atoms with E-state index >= 15 is 0 Å². The van der Waals surface area contributed by atoms with Gasteiger partial charge in [0, 0.05) is 17.0 Å². The van der Waals surface area contributed by atoms with Gasteiger partial charge >= 0.3 is 5.97 Å². The number of carbonyl (C=O) groups excluding carboxylic acids is 1. The number of nitrogens with one attached hydrogen (secondary N) is 1. The summed E-state index contributed by atoms with van der Waals surface area (Å²) in [5.41, 5.74) is -0.598. The van der Waals surface area contributed by atoms with Crippen LogP contribution in [0.15, 0.2) is 0 Å². The third kappa shape index (κ3) is 5.16. The first kappa shape index (κ1) is 15.8. The first-order valence-corrected chi connectivity index (χ1v) is 7.74. The molecular formula is C13H25NO3S. The molecule has 0 aromatic carbocycles. The van der Waals surface area contributed by atoms with Gasteiger partial charge in [-0.1, -0.05) is 6.92 Å². The number of ether oxygens (including phenoxy) is 1. The van der Waals surface area contributed by atoms with Crippen LogP contribution in [0, 0.1) is 0 Å². The first-order valence-electron chi connectivity index (χ1n) is 6.69. The third-order valence-corrected chi connectivity index (χ3v) is 4.17. The molecule has 1 saturated carbocycles. The lowest BCUT2D eigenvalue weighted by Gasteiger charge is -2.31. The van der Waals surface area contributed by atoms with E-state index in [2.05, 4.69) is 12.2 Å². The zero-order chi connectivity index (χ0) is 13.6. The molecule has 0 radical (unpaired) electrons. The molecule has 18 heavy (non-hydrogen) atoms. The molecule has 1 fully saturated rings. The standard InChI is InChI=1S/C13H25NO3S/c1-4-17-12(16)13(3,14-11-5-6-11)9-10(2)18-8-7-15/h10-11,14-15H,4-9H2,1-3H3. The molecular weight excluding hydrogens is 250 g/mol. The van der Waals surface area contributed by atoms with Crippen molar-refractivity contribution in [1.29, 1.82) is 0 Å². The Bertz CT molecular complexity index is 271. The van der Waals surface area contributed by atoms with Crippen molar-refractivity contribution in [3.05, 3.63) is 0 Å². The van der Waals surface area contributed by atoms with Crippen molar-refractivity contribution < 1.29 is 14.6 Å².